The van der Waals surface area contributed by atoms with Crippen molar-refractivity contribution in [3.05, 3.63) is 24.8 Å². The number of unbranched alkanes of at least 4 members (excludes halogenated alkanes) is 2. The van der Waals surface area contributed by atoms with Crippen LogP contribution in [0, 0.1) is 5.92 Å². The van der Waals surface area contributed by atoms with Gasteiger partial charge in [0, 0.05) is 0 Å². The van der Waals surface area contributed by atoms with Crippen molar-refractivity contribution in [3.63, 3.8) is 0 Å². The molecule has 0 aliphatic heterocycles. The lowest BCUT2D eigenvalue weighted by Crippen LogP contribution is -1.97. The Morgan fingerprint density at radius 2 is 2.08 bits per heavy atom. The third-order valence-corrected chi connectivity index (χ3v) is 2.45. The molecule has 0 heterocycles. The maximum atomic E-state index is 4.05. The summed E-state index contributed by atoms with van der Waals surface area (Å²) in [6.45, 7) is 12.2. The molecule has 1 atom stereocenters. The minimum atomic E-state index is 0.708. The fraction of sp³-hybridized carbons (Fsp3) is 0.667. The molecule has 12 heavy (non-hydrogen) atoms. The first-order valence-electron chi connectivity index (χ1n) is 5.00. The van der Waals surface area contributed by atoms with Crippen molar-refractivity contribution in [2.45, 2.75) is 46.0 Å². The highest BCUT2D eigenvalue weighted by Crippen LogP contribution is 2.18. The van der Waals surface area contributed by atoms with E-state index in [1.807, 2.05) is 6.08 Å². The molecule has 0 N–H and O–H groups in total. The van der Waals surface area contributed by atoms with Gasteiger partial charge in [-0.1, -0.05) is 38.5 Å². The van der Waals surface area contributed by atoms with Crippen molar-refractivity contribution in [2.24, 2.45) is 5.92 Å². The van der Waals surface area contributed by atoms with E-state index in [1.165, 1.54) is 24.8 Å². The molecular formula is C12H22. The van der Waals surface area contributed by atoms with Crippen LogP contribution in [0.4, 0.5) is 0 Å². The van der Waals surface area contributed by atoms with Crippen molar-refractivity contribution < 1.29 is 0 Å². The zero-order valence-electron chi connectivity index (χ0n) is 8.60. The van der Waals surface area contributed by atoms with Gasteiger partial charge in [0.25, 0.3) is 0 Å². The topological polar surface area (TPSA) is 0 Å². The Kier molecular flexibility index (Phi) is 6.84. The molecule has 0 rings (SSSR count). The van der Waals surface area contributed by atoms with Gasteiger partial charge in [-0.25, -0.2) is 0 Å². The fourth-order valence-corrected chi connectivity index (χ4v) is 1.29. The molecule has 0 amide bonds. The molecule has 0 spiro atoms. The summed E-state index contributed by atoms with van der Waals surface area (Å²) in [6, 6.07) is 0. The molecule has 1 unspecified atom stereocenters. The van der Waals surface area contributed by atoms with Crippen molar-refractivity contribution >= 4 is 0 Å². The van der Waals surface area contributed by atoms with Gasteiger partial charge in [-0.05, 0) is 31.6 Å². The van der Waals surface area contributed by atoms with Crippen LogP contribution in [0.25, 0.3) is 0 Å². The molecule has 0 aromatic carbocycles. The van der Waals surface area contributed by atoms with Gasteiger partial charge in [-0.15, -0.1) is 6.58 Å². The van der Waals surface area contributed by atoms with E-state index in [0.717, 1.165) is 12.8 Å². The Hall–Kier alpha value is -0.520. The van der Waals surface area contributed by atoms with E-state index < -0.39 is 0 Å². The van der Waals surface area contributed by atoms with E-state index in [-0.39, 0.29) is 0 Å². The minimum absolute atomic E-state index is 0.708. The summed E-state index contributed by atoms with van der Waals surface area (Å²) in [5.74, 6) is 0.708. The van der Waals surface area contributed by atoms with E-state index in [1.54, 1.807) is 0 Å². The van der Waals surface area contributed by atoms with Crippen molar-refractivity contribution in [1.82, 2.24) is 0 Å². The lowest BCUT2D eigenvalue weighted by Gasteiger charge is -2.12. The van der Waals surface area contributed by atoms with Gasteiger partial charge in [-0.2, -0.15) is 0 Å². The summed E-state index contributed by atoms with van der Waals surface area (Å²) in [7, 11) is 0. The second kappa shape index (κ2) is 7.15. The zero-order chi connectivity index (χ0) is 9.40. The number of hydrogen-bond acceptors (Lipinski definition) is 0. The molecule has 0 saturated carbocycles. The maximum Gasteiger partial charge on any atom is -0.0234 e. The summed E-state index contributed by atoms with van der Waals surface area (Å²) in [6.07, 6.45) is 8.17. The SMILES string of the molecule is C=CCCCCC(C)C(=C)CC. The van der Waals surface area contributed by atoms with Crippen LogP contribution in [-0.2, 0) is 0 Å². The Morgan fingerprint density at radius 1 is 1.42 bits per heavy atom. The molecule has 0 aromatic heterocycles. The van der Waals surface area contributed by atoms with Gasteiger partial charge in [0.1, 0.15) is 0 Å². The summed E-state index contributed by atoms with van der Waals surface area (Å²) >= 11 is 0. The Morgan fingerprint density at radius 3 is 2.58 bits per heavy atom. The van der Waals surface area contributed by atoms with E-state index in [2.05, 4.69) is 27.0 Å². The van der Waals surface area contributed by atoms with Gasteiger partial charge in [0.2, 0.25) is 0 Å². The highest BCUT2D eigenvalue weighted by atomic mass is 14.1. The summed E-state index contributed by atoms with van der Waals surface area (Å²) in [4.78, 5) is 0. The molecule has 0 aliphatic carbocycles. The van der Waals surface area contributed by atoms with Gasteiger partial charge >= 0.3 is 0 Å². The lowest BCUT2D eigenvalue weighted by atomic mass is 9.94. The first-order valence-corrected chi connectivity index (χ1v) is 5.00. The van der Waals surface area contributed by atoms with Crippen LogP contribution >= 0.6 is 0 Å². The standard InChI is InChI=1S/C12H22/c1-5-7-8-9-10-12(4)11(3)6-2/h5,12H,1,3,6-10H2,2,4H3. The Bertz CT molecular complexity index is 133. The fourth-order valence-electron chi connectivity index (χ4n) is 1.29. The van der Waals surface area contributed by atoms with E-state index in [9.17, 15) is 0 Å². The minimum Gasteiger partial charge on any atom is -0.103 e. The van der Waals surface area contributed by atoms with Gasteiger partial charge in [0.15, 0.2) is 0 Å². The summed E-state index contributed by atoms with van der Waals surface area (Å²) in [5, 5.41) is 0. The first-order chi connectivity index (χ1) is 5.72. The van der Waals surface area contributed by atoms with Crippen molar-refractivity contribution in [1.29, 1.82) is 0 Å². The van der Waals surface area contributed by atoms with Crippen LogP contribution in [0.3, 0.4) is 0 Å². The largest absolute Gasteiger partial charge is 0.103 e. The molecule has 0 saturated heterocycles. The molecule has 0 aliphatic rings. The first kappa shape index (κ1) is 11.5. The number of allylic oxidation sites excluding steroid dienone is 2. The lowest BCUT2D eigenvalue weighted by molar-refractivity contribution is 0.551. The third-order valence-electron chi connectivity index (χ3n) is 2.45. The Labute approximate surface area is 77.4 Å². The monoisotopic (exact) mass is 166 g/mol. The molecule has 0 aromatic rings. The average molecular weight is 166 g/mol. The third kappa shape index (κ3) is 5.17. The summed E-state index contributed by atoms with van der Waals surface area (Å²) in [5.41, 5.74) is 1.40. The van der Waals surface area contributed by atoms with Crippen LogP contribution in [-0.4, -0.2) is 0 Å². The maximum absolute atomic E-state index is 4.05. The zero-order valence-corrected chi connectivity index (χ0v) is 8.60. The number of hydrogen-bond donors (Lipinski definition) is 0. The van der Waals surface area contributed by atoms with E-state index in [4.69, 9.17) is 0 Å². The van der Waals surface area contributed by atoms with Crippen molar-refractivity contribution in [3.8, 4) is 0 Å². The molecular weight excluding hydrogens is 144 g/mol. The van der Waals surface area contributed by atoms with Crippen LogP contribution in [0.15, 0.2) is 24.8 Å². The van der Waals surface area contributed by atoms with Crippen LogP contribution in [0.5, 0.6) is 0 Å². The van der Waals surface area contributed by atoms with E-state index >= 15 is 0 Å². The highest BCUT2D eigenvalue weighted by Gasteiger charge is 2.03. The normalized spacial score (nSPS) is 12.5. The molecule has 0 fully saturated rings. The predicted molar refractivity (Wildman–Crippen MR) is 57.3 cm³/mol. The predicted octanol–water partition coefficient (Wildman–Crippen LogP) is 4.34. The molecule has 0 radical (unpaired) electrons. The molecule has 0 heteroatoms. The molecule has 0 nitrogen and oxygen atoms in total. The van der Waals surface area contributed by atoms with Crippen LogP contribution in [0.1, 0.15) is 46.0 Å². The Balaban J connectivity index is 3.36. The van der Waals surface area contributed by atoms with Crippen molar-refractivity contribution in [2.75, 3.05) is 0 Å². The van der Waals surface area contributed by atoms with Gasteiger partial charge < -0.3 is 0 Å². The molecule has 70 valence electrons. The highest BCUT2D eigenvalue weighted by molar-refractivity contribution is 4.97. The summed E-state index contributed by atoms with van der Waals surface area (Å²) < 4.78 is 0. The van der Waals surface area contributed by atoms with Gasteiger partial charge in [-0.3, -0.25) is 0 Å². The van der Waals surface area contributed by atoms with Gasteiger partial charge in [0.05, 0.1) is 0 Å². The second-order valence-electron chi connectivity index (χ2n) is 3.49. The van der Waals surface area contributed by atoms with E-state index in [0.29, 0.717) is 5.92 Å². The van der Waals surface area contributed by atoms with Crippen LogP contribution < -0.4 is 0 Å². The second-order valence-corrected chi connectivity index (χ2v) is 3.49. The average Bonchev–Trinajstić information content (AvgIpc) is 2.10. The molecule has 0 bridgehead atoms. The number of rotatable bonds is 7. The smallest absolute Gasteiger partial charge is 0.0234 e. The quantitative estimate of drug-likeness (QED) is 0.390. The van der Waals surface area contributed by atoms with Crippen LogP contribution in [0.2, 0.25) is 0 Å².